The molecule has 33 heavy (non-hydrogen) atoms. The number of pyridine rings is 1. The fourth-order valence-electron chi connectivity index (χ4n) is 2.98. The van der Waals surface area contributed by atoms with Gasteiger partial charge in [0, 0.05) is 20.9 Å². The van der Waals surface area contributed by atoms with E-state index in [1.54, 1.807) is 27.0 Å². The molecule has 0 saturated carbocycles. The standard InChI is InChI=1S/C21H28Br3N5O3Si/c1-21(2,3)32-20(30)28-19-26-12-7-8-25-16(15(12)27-19)17-13(22)14(23)18(24)29(17)11-31-9-10-33(4,5)6/h7-8H,9-11H2,1-6H3,(H2,26,27,28,30). The highest BCUT2D eigenvalue weighted by Gasteiger charge is 2.24. The Bertz CT molecular complexity index is 1160. The number of hydrogen-bond donors (Lipinski definition) is 2. The van der Waals surface area contributed by atoms with Crippen LogP contribution < -0.4 is 5.32 Å². The van der Waals surface area contributed by atoms with Crippen molar-refractivity contribution in [2.24, 2.45) is 0 Å². The molecular weight excluding hydrogens is 638 g/mol. The van der Waals surface area contributed by atoms with E-state index >= 15 is 0 Å². The number of hydrogen-bond acceptors (Lipinski definition) is 5. The van der Waals surface area contributed by atoms with Crippen LogP contribution in [0.5, 0.6) is 0 Å². The number of amides is 1. The number of aromatic nitrogens is 4. The van der Waals surface area contributed by atoms with E-state index in [0.717, 1.165) is 30.8 Å². The Labute approximate surface area is 219 Å². The van der Waals surface area contributed by atoms with Crippen LogP contribution >= 0.6 is 47.8 Å². The normalized spacial score (nSPS) is 12.4. The van der Waals surface area contributed by atoms with E-state index in [2.05, 4.69) is 87.7 Å². The number of anilines is 1. The molecule has 0 radical (unpaired) electrons. The third-order valence-corrected chi connectivity index (χ3v) is 9.69. The van der Waals surface area contributed by atoms with E-state index in [9.17, 15) is 4.79 Å². The van der Waals surface area contributed by atoms with Gasteiger partial charge in [-0.2, -0.15) is 0 Å². The quantitative estimate of drug-likeness (QED) is 0.203. The van der Waals surface area contributed by atoms with Gasteiger partial charge in [0.25, 0.3) is 0 Å². The largest absolute Gasteiger partial charge is 0.444 e. The Morgan fingerprint density at radius 2 is 1.91 bits per heavy atom. The van der Waals surface area contributed by atoms with Gasteiger partial charge in [0.1, 0.15) is 28.1 Å². The van der Waals surface area contributed by atoms with Gasteiger partial charge in [-0.15, -0.1) is 0 Å². The number of nitrogens with one attached hydrogen (secondary N) is 2. The number of carbonyl (C=O) groups excluding carboxylic acids is 1. The highest BCUT2D eigenvalue weighted by atomic mass is 79.9. The number of nitrogens with zero attached hydrogens (tertiary/aromatic N) is 3. The first-order valence-electron chi connectivity index (χ1n) is 10.4. The van der Waals surface area contributed by atoms with Crippen LogP contribution in [0, 0.1) is 0 Å². The van der Waals surface area contributed by atoms with Crippen LogP contribution in [-0.2, 0) is 16.2 Å². The van der Waals surface area contributed by atoms with Crippen LogP contribution in [0.15, 0.2) is 25.8 Å². The Morgan fingerprint density at radius 1 is 1.21 bits per heavy atom. The molecule has 0 bridgehead atoms. The monoisotopic (exact) mass is 663 g/mol. The molecule has 3 aromatic rings. The number of aromatic amines is 1. The minimum Gasteiger partial charge on any atom is -0.444 e. The smallest absolute Gasteiger partial charge is 0.414 e. The van der Waals surface area contributed by atoms with Crippen LogP contribution in [0.4, 0.5) is 10.7 Å². The second-order valence-electron chi connectivity index (χ2n) is 9.81. The van der Waals surface area contributed by atoms with Crippen molar-refractivity contribution in [1.82, 2.24) is 19.5 Å². The summed E-state index contributed by atoms with van der Waals surface area (Å²) >= 11 is 11.0. The van der Waals surface area contributed by atoms with E-state index in [0.29, 0.717) is 24.5 Å². The molecule has 8 nitrogen and oxygen atoms in total. The number of halogens is 3. The second-order valence-corrected chi connectivity index (χ2v) is 17.8. The molecule has 3 heterocycles. The molecule has 0 fully saturated rings. The average molecular weight is 666 g/mol. The van der Waals surface area contributed by atoms with Gasteiger partial charge in [-0.3, -0.25) is 10.3 Å². The summed E-state index contributed by atoms with van der Waals surface area (Å²) < 4.78 is 15.9. The number of H-pyrrole nitrogens is 1. The third kappa shape index (κ3) is 6.68. The van der Waals surface area contributed by atoms with Crippen molar-refractivity contribution in [3.8, 4) is 11.4 Å². The molecule has 0 aliphatic rings. The van der Waals surface area contributed by atoms with Gasteiger partial charge in [0.15, 0.2) is 0 Å². The number of carbonyl (C=O) groups is 1. The predicted octanol–water partition coefficient (Wildman–Crippen LogP) is 7.37. The molecule has 1 amide bonds. The van der Waals surface area contributed by atoms with Crippen LogP contribution in [0.1, 0.15) is 20.8 Å². The molecule has 180 valence electrons. The van der Waals surface area contributed by atoms with Crippen molar-refractivity contribution >= 4 is 78.9 Å². The molecule has 12 heteroatoms. The van der Waals surface area contributed by atoms with E-state index in [1.807, 2.05) is 10.6 Å². The first-order valence-corrected chi connectivity index (χ1v) is 16.5. The lowest BCUT2D eigenvalue weighted by Gasteiger charge is -2.18. The summed E-state index contributed by atoms with van der Waals surface area (Å²) in [5.74, 6) is 0.284. The van der Waals surface area contributed by atoms with Crippen molar-refractivity contribution in [3.05, 3.63) is 25.8 Å². The maximum atomic E-state index is 12.2. The van der Waals surface area contributed by atoms with E-state index in [4.69, 9.17) is 9.47 Å². The molecule has 0 aliphatic carbocycles. The highest BCUT2D eigenvalue weighted by molar-refractivity contribution is 9.14. The van der Waals surface area contributed by atoms with Crippen LogP contribution in [-0.4, -0.2) is 45.9 Å². The Kier molecular flexibility index (Phi) is 8.15. The first-order chi connectivity index (χ1) is 15.3. The summed E-state index contributed by atoms with van der Waals surface area (Å²) in [7, 11) is -1.19. The van der Waals surface area contributed by atoms with Gasteiger partial charge in [-0.25, -0.2) is 9.78 Å². The molecular formula is C21H28Br3N5O3Si. The minimum atomic E-state index is -1.19. The van der Waals surface area contributed by atoms with Gasteiger partial charge < -0.3 is 19.0 Å². The van der Waals surface area contributed by atoms with E-state index in [1.165, 1.54) is 0 Å². The van der Waals surface area contributed by atoms with E-state index < -0.39 is 19.8 Å². The minimum absolute atomic E-state index is 0.284. The second kappa shape index (κ2) is 10.2. The highest BCUT2D eigenvalue weighted by Crippen LogP contribution is 2.43. The lowest BCUT2D eigenvalue weighted by molar-refractivity contribution is 0.0635. The van der Waals surface area contributed by atoms with Crippen molar-refractivity contribution in [2.75, 3.05) is 11.9 Å². The van der Waals surface area contributed by atoms with Gasteiger partial charge >= 0.3 is 6.09 Å². The average Bonchev–Trinajstić information content (AvgIpc) is 3.17. The Balaban J connectivity index is 1.95. The van der Waals surface area contributed by atoms with Gasteiger partial charge in [-0.1, -0.05) is 19.6 Å². The zero-order valence-corrected chi connectivity index (χ0v) is 25.2. The summed E-state index contributed by atoms with van der Waals surface area (Å²) in [6.45, 7) is 13.4. The molecule has 0 aromatic carbocycles. The Hall–Kier alpha value is -1.21. The van der Waals surface area contributed by atoms with Crippen molar-refractivity contribution in [1.29, 1.82) is 0 Å². The molecule has 0 unspecified atom stereocenters. The Morgan fingerprint density at radius 3 is 2.55 bits per heavy atom. The summed E-state index contributed by atoms with van der Waals surface area (Å²) in [6, 6.07) is 2.89. The molecule has 0 saturated heterocycles. The summed E-state index contributed by atoms with van der Waals surface area (Å²) in [5.41, 5.74) is 2.20. The molecule has 2 N–H and O–H groups in total. The zero-order valence-electron chi connectivity index (χ0n) is 19.5. The lowest BCUT2D eigenvalue weighted by Crippen LogP contribution is -2.27. The predicted molar refractivity (Wildman–Crippen MR) is 144 cm³/mol. The van der Waals surface area contributed by atoms with Gasteiger partial charge in [0.05, 0.1) is 20.2 Å². The van der Waals surface area contributed by atoms with Gasteiger partial charge in [-0.05, 0) is 80.7 Å². The van der Waals surface area contributed by atoms with E-state index in [-0.39, 0.29) is 5.95 Å². The zero-order chi connectivity index (χ0) is 24.6. The topological polar surface area (TPSA) is 94.1 Å². The SMILES string of the molecule is CC(C)(C)OC(=O)Nc1nc2c(-c3c(Br)c(Br)c(Br)n3COCC[Si](C)(C)C)nccc2[nH]1. The third-order valence-electron chi connectivity index (χ3n) is 4.55. The fraction of sp³-hybridized carbons (Fsp3) is 0.476. The maximum absolute atomic E-state index is 12.2. The van der Waals surface area contributed by atoms with Crippen LogP contribution in [0.25, 0.3) is 22.4 Å². The first kappa shape index (κ1) is 26.4. The summed E-state index contributed by atoms with van der Waals surface area (Å²) in [5, 5.41) is 2.65. The van der Waals surface area contributed by atoms with Crippen LogP contribution in [0.3, 0.4) is 0 Å². The summed E-state index contributed by atoms with van der Waals surface area (Å²) in [6.07, 6.45) is 1.12. The molecule has 0 aliphatic heterocycles. The van der Waals surface area contributed by atoms with Crippen molar-refractivity contribution < 1.29 is 14.3 Å². The molecule has 0 atom stereocenters. The van der Waals surface area contributed by atoms with Crippen LogP contribution in [0.2, 0.25) is 25.7 Å². The number of imidazole rings is 1. The fourth-order valence-corrected chi connectivity index (χ4v) is 5.48. The molecule has 0 spiro atoms. The van der Waals surface area contributed by atoms with Crippen molar-refractivity contribution in [2.45, 2.75) is 58.8 Å². The molecule has 3 rings (SSSR count). The van der Waals surface area contributed by atoms with Gasteiger partial charge in [0.2, 0.25) is 5.95 Å². The lowest BCUT2D eigenvalue weighted by atomic mass is 10.2. The summed E-state index contributed by atoms with van der Waals surface area (Å²) in [4.78, 5) is 24.5. The van der Waals surface area contributed by atoms with Crippen molar-refractivity contribution in [3.63, 3.8) is 0 Å². The molecule has 3 aromatic heterocycles. The maximum Gasteiger partial charge on any atom is 0.414 e. The number of ether oxygens (including phenoxy) is 2. The number of rotatable bonds is 7. The number of fused-ring (bicyclic) bond motifs is 1.